The van der Waals surface area contributed by atoms with Crippen LogP contribution >= 0.6 is 11.3 Å². The summed E-state index contributed by atoms with van der Waals surface area (Å²) in [6.45, 7) is 1.67. The highest BCUT2D eigenvalue weighted by Gasteiger charge is 2.24. The lowest BCUT2D eigenvalue weighted by atomic mass is 10.1. The number of hydrogen-bond donors (Lipinski definition) is 2. The molecule has 0 fully saturated rings. The van der Waals surface area contributed by atoms with Gasteiger partial charge in [-0.25, -0.2) is 0 Å². The number of carbonyl (C=O) groups excluding carboxylic acids is 1. The number of benzene rings is 1. The summed E-state index contributed by atoms with van der Waals surface area (Å²) in [6.07, 6.45) is 2.60. The lowest BCUT2D eigenvalue weighted by Crippen LogP contribution is -2.37. The molecule has 1 aromatic heterocycles. The van der Waals surface area contributed by atoms with Crippen LogP contribution in [0.2, 0.25) is 0 Å². The van der Waals surface area contributed by atoms with Crippen LogP contribution in [0, 0.1) is 10.1 Å². The van der Waals surface area contributed by atoms with E-state index in [1.807, 2.05) is 11.4 Å². The Morgan fingerprint density at radius 3 is 2.78 bits per heavy atom. The molecule has 0 aliphatic rings. The van der Waals surface area contributed by atoms with Crippen LogP contribution < -0.4 is 5.32 Å². The van der Waals surface area contributed by atoms with E-state index >= 15 is 0 Å². The molecule has 1 heterocycles. The first kappa shape index (κ1) is 16.9. The number of aliphatic hydroxyl groups is 1. The molecule has 2 rings (SSSR count). The van der Waals surface area contributed by atoms with Crippen LogP contribution in [-0.2, 0) is 10.4 Å². The van der Waals surface area contributed by atoms with Crippen molar-refractivity contribution >= 4 is 29.0 Å². The van der Waals surface area contributed by atoms with Crippen LogP contribution in [0.3, 0.4) is 0 Å². The Bertz CT molecular complexity index is 723. The van der Waals surface area contributed by atoms with Crippen molar-refractivity contribution in [3.63, 3.8) is 0 Å². The number of nitro groups is 1. The van der Waals surface area contributed by atoms with Gasteiger partial charge in [0.2, 0.25) is 5.91 Å². The van der Waals surface area contributed by atoms with Gasteiger partial charge in [-0.05, 0) is 30.5 Å². The van der Waals surface area contributed by atoms with E-state index in [9.17, 15) is 20.0 Å². The molecule has 0 aliphatic carbocycles. The molecule has 1 atom stereocenters. The topological polar surface area (TPSA) is 92.5 Å². The molecule has 120 valence electrons. The smallest absolute Gasteiger partial charge is 0.276 e. The molecule has 0 saturated carbocycles. The van der Waals surface area contributed by atoms with Crippen LogP contribution in [-0.4, -0.2) is 22.5 Å². The van der Waals surface area contributed by atoms with E-state index in [0.29, 0.717) is 5.56 Å². The van der Waals surface area contributed by atoms with Crippen LogP contribution in [0.5, 0.6) is 0 Å². The summed E-state index contributed by atoms with van der Waals surface area (Å²) in [5.41, 5.74) is -0.879. The highest BCUT2D eigenvalue weighted by molar-refractivity contribution is 7.10. The molecule has 0 radical (unpaired) electrons. The lowest BCUT2D eigenvalue weighted by Gasteiger charge is -2.21. The fourth-order valence-corrected chi connectivity index (χ4v) is 2.74. The fourth-order valence-electron chi connectivity index (χ4n) is 1.95. The van der Waals surface area contributed by atoms with E-state index in [1.165, 1.54) is 29.6 Å². The van der Waals surface area contributed by atoms with Crippen molar-refractivity contribution in [2.45, 2.75) is 12.5 Å². The molecule has 7 heteroatoms. The Morgan fingerprint density at radius 1 is 1.39 bits per heavy atom. The minimum atomic E-state index is -1.16. The Kier molecular flexibility index (Phi) is 5.25. The molecule has 0 unspecified atom stereocenters. The normalized spacial score (nSPS) is 13.7. The number of rotatable bonds is 6. The third kappa shape index (κ3) is 4.48. The monoisotopic (exact) mass is 332 g/mol. The van der Waals surface area contributed by atoms with E-state index in [2.05, 4.69) is 5.32 Å². The van der Waals surface area contributed by atoms with E-state index in [4.69, 9.17) is 0 Å². The first-order chi connectivity index (χ1) is 10.9. The highest BCUT2D eigenvalue weighted by atomic mass is 32.1. The van der Waals surface area contributed by atoms with Gasteiger partial charge in [-0.3, -0.25) is 14.9 Å². The predicted molar refractivity (Wildman–Crippen MR) is 89.0 cm³/mol. The van der Waals surface area contributed by atoms with Crippen molar-refractivity contribution in [1.82, 2.24) is 5.32 Å². The highest BCUT2D eigenvalue weighted by Crippen LogP contribution is 2.24. The van der Waals surface area contributed by atoms with Gasteiger partial charge in [0.25, 0.3) is 5.69 Å². The quantitative estimate of drug-likeness (QED) is 0.483. The molecular weight excluding hydrogens is 316 g/mol. The third-order valence-corrected chi connectivity index (χ3v) is 4.33. The summed E-state index contributed by atoms with van der Waals surface area (Å²) >= 11 is 1.40. The second kappa shape index (κ2) is 7.17. The zero-order chi connectivity index (χ0) is 16.9. The van der Waals surface area contributed by atoms with Crippen molar-refractivity contribution in [3.05, 3.63) is 68.4 Å². The van der Waals surface area contributed by atoms with Gasteiger partial charge in [0.05, 0.1) is 17.0 Å². The summed E-state index contributed by atoms with van der Waals surface area (Å²) in [5.74, 6) is -0.431. The largest absolute Gasteiger partial charge is 0.383 e. The molecule has 0 bridgehead atoms. The Labute approximate surface area is 137 Å². The Morgan fingerprint density at radius 2 is 2.13 bits per heavy atom. The molecule has 1 aromatic carbocycles. The van der Waals surface area contributed by atoms with Crippen LogP contribution in [0.1, 0.15) is 17.4 Å². The van der Waals surface area contributed by atoms with Gasteiger partial charge in [-0.2, -0.15) is 0 Å². The molecular formula is C16H16N2O4S. The number of nitro benzene ring substituents is 1. The van der Waals surface area contributed by atoms with Crippen LogP contribution in [0.15, 0.2) is 47.9 Å². The van der Waals surface area contributed by atoms with Gasteiger partial charge in [0.1, 0.15) is 5.60 Å². The molecule has 0 saturated heterocycles. The Hall–Kier alpha value is -2.51. The summed E-state index contributed by atoms with van der Waals surface area (Å²) in [4.78, 5) is 23.0. The van der Waals surface area contributed by atoms with Crippen molar-refractivity contribution in [2.75, 3.05) is 6.54 Å². The van der Waals surface area contributed by atoms with Crippen molar-refractivity contribution < 1.29 is 14.8 Å². The number of amides is 1. The van der Waals surface area contributed by atoms with E-state index in [-0.39, 0.29) is 12.2 Å². The molecule has 2 aromatic rings. The zero-order valence-corrected chi connectivity index (χ0v) is 13.2. The number of thiophene rings is 1. The minimum Gasteiger partial charge on any atom is -0.383 e. The van der Waals surface area contributed by atoms with Crippen molar-refractivity contribution in [2.24, 2.45) is 0 Å². The molecule has 1 amide bonds. The summed E-state index contributed by atoms with van der Waals surface area (Å²) in [6, 6.07) is 9.77. The van der Waals surface area contributed by atoms with E-state index in [0.717, 1.165) is 4.88 Å². The zero-order valence-electron chi connectivity index (χ0n) is 12.4. The lowest BCUT2D eigenvalue weighted by molar-refractivity contribution is -0.385. The maximum Gasteiger partial charge on any atom is 0.276 e. The SMILES string of the molecule is C[C@@](O)(CNC(=O)/C=C/c1ccccc1[N+](=O)[O-])c1cccs1. The molecule has 23 heavy (non-hydrogen) atoms. The predicted octanol–water partition coefficient (Wildman–Crippen LogP) is 2.69. The minimum absolute atomic E-state index is 0.0492. The average molecular weight is 332 g/mol. The summed E-state index contributed by atoms with van der Waals surface area (Å²) in [5, 5.41) is 25.6. The Balaban J connectivity index is 1.99. The standard InChI is InChI=1S/C16H16N2O4S/c1-16(20,14-7-4-10-23-14)11-17-15(19)9-8-12-5-2-3-6-13(12)18(21)22/h2-10,20H,11H2,1H3,(H,17,19)/b9-8+/t16-/m1/s1. The first-order valence-electron chi connectivity index (χ1n) is 6.86. The van der Waals surface area contributed by atoms with E-state index < -0.39 is 16.4 Å². The van der Waals surface area contributed by atoms with Gasteiger partial charge < -0.3 is 10.4 Å². The van der Waals surface area contributed by atoms with E-state index in [1.54, 1.807) is 31.2 Å². The second-order valence-corrected chi connectivity index (χ2v) is 6.07. The van der Waals surface area contributed by atoms with Crippen molar-refractivity contribution in [3.8, 4) is 0 Å². The molecule has 2 N–H and O–H groups in total. The number of nitrogens with one attached hydrogen (secondary N) is 1. The number of nitrogens with zero attached hydrogens (tertiary/aromatic N) is 1. The molecule has 0 aliphatic heterocycles. The van der Waals surface area contributed by atoms with Crippen LogP contribution in [0.4, 0.5) is 5.69 Å². The van der Waals surface area contributed by atoms with Crippen molar-refractivity contribution in [1.29, 1.82) is 0 Å². The van der Waals surface area contributed by atoms with Gasteiger partial charge in [0.15, 0.2) is 0 Å². The van der Waals surface area contributed by atoms with Crippen LogP contribution in [0.25, 0.3) is 6.08 Å². The van der Waals surface area contributed by atoms with Gasteiger partial charge in [0, 0.05) is 17.0 Å². The maximum absolute atomic E-state index is 11.8. The summed E-state index contributed by atoms with van der Waals surface area (Å²) < 4.78 is 0. The van der Waals surface area contributed by atoms with Gasteiger partial charge in [-0.15, -0.1) is 11.3 Å². The van der Waals surface area contributed by atoms with Gasteiger partial charge >= 0.3 is 0 Å². The number of hydrogen-bond acceptors (Lipinski definition) is 5. The average Bonchev–Trinajstić information content (AvgIpc) is 3.06. The number of carbonyl (C=O) groups is 1. The number of para-hydroxylation sites is 1. The third-order valence-electron chi connectivity index (χ3n) is 3.21. The van der Waals surface area contributed by atoms with Gasteiger partial charge in [-0.1, -0.05) is 18.2 Å². The maximum atomic E-state index is 11.8. The first-order valence-corrected chi connectivity index (χ1v) is 7.74. The summed E-state index contributed by atoms with van der Waals surface area (Å²) in [7, 11) is 0. The molecule has 6 nitrogen and oxygen atoms in total. The molecule has 0 spiro atoms. The fraction of sp³-hybridized carbons (Fsp3) is 0.188. The second-order valence-electron chi connectivity index (χ2n) is 5.12.